The third-order valence-electron chi connectivity index (χ3n) is 4.45. The molecule has 0 saturated heterocycles. The van der Waals surface area contributed by atoms with Crippen LogP contribution in [0.3, 0.4) is 0 Å². The predicted octanol–water partition coefficient (Wildman–Crippen LogP) is 4.60. The molecule has 4 nitrogen and oxygen atoms in total. The Morgan fingerprint density at radius 3 is 2.17 bits per heavy atom. The van der Waals surface area contributed by atoms with Crippen molar-refractivity contribution in [2.75, 3.05) is 0 Å². The fourth-order valence-electron chi connectivity index (χ4n) is 2.97. The van der Waals surface area contributed by atoms with Gasteiger partial charge in [-0.3, -0.25) is 0 Å². The number of aromatic nitrogens is 3. The van der Waals surface area contributed by atoms with Gasteiger partial charge in [0.25, 0.3) is 0 Å². The normalized spacial score (nSPS) is 13.9. The molecule has 0 aliphatic heterocycles. The van der Waals surface area contributed by atoms with Gasteiger partial charge in [-0.25, -0.2) is 13.5 Å². The summed E-state index contributed by atoms with van der Waals surface area (Å²) in [6, 6.07) is 11.0. The minimum absolute atomic E-state index is 0.199. The minimum Gasteiger partial charge on any atom is -0.375 e. The van der Waals surface area contributed by atoms with Crippen molar-refractivity contribution in [2.45, 2.75) is 24.7 Å². The van der Waals surface area contributed by atoms with Gasteiger partial charge in [0.05, 0.1) is 12.2 Å². The molecule has 1 N–H and O–H groups in total. The van der Waals surface area contributed by atoms with E-state index in [4.69, 9.17) is 0 Å². The largest absolute Gasteiger partial charge is 0.423 e. The smallest absolute Gasteiger partial charge is 0.375 e. The Bertz CT molecular complexity index is 996. The van der Waals surface area contributed by atoms with Gasteiger partial charge >= 0.3 is 6.18 Å². The molecule has 0 amide bonds. The molecule has 0 aliphatic rings. The number of benzene rings is 2. The van der Waals surface area contributed by atoms with Gasteiger partial charge in [0.2, 0.25) is 5.60 Å². The molecule has 3 rings (SSSR count). The molecule has 1 unspecified atom stereocenters. The second kappa shape index (κ2) is 7.75. The number of nitrogens with zero attached hydrogens (tertiary/aromatic N) is 3. The van der Waals surface area contributed by atoms with Crippen molar-refractivity contribution in [3.63, 3.8) is 0 Å². The molecule has 29 heavy (non-hydrogen) atoms. The van der Waals surface area contributed by atoms with Crippen LogP contribution in [0.15, 0.2) is 61.2 Å². The monoisotopic (exact) mass is 409 g/mol. The fourth-order valence-corrected chi connectivity index (χ4v) is 2.97. The number of hydrogen-bond donors (Lipinski definition) is 1. The number of alkyl halides is 3. The zero-order valence-electron chi connectivity index (χ0n) is 15.0. The Morgan fingerprint density at radius 1 is 1.00 bits per heavy atom. The van der Waals surface area contributed by atoms with Crippen molar-refractivity contribution in [1.29, 1.82) is 0 Å². The molecule has 0 fully saturated rings. The highest BCUT2D eigenvalue weighted by Gasteiger charge is 2.57. The van der Waals surface area contributed by atoms with E-state index in [0.29, 0.717) is 0 Å². The molecule has 0 aliphatic carbocycles. The van der Waals surface area contributed by atoms with Gasteiger partial charge in [-0.05, 0) is 12.1 Å². The van der Waals surface area contributed by atoms with Gasteiger partial charge in [-0.1, -0.05) is 47.7 Å². The third-order valence-corrected chi connectivity index (χ3v) is 4.45. The van der Waals surface area contributed by atoms with Crippen LogP contribution < -0.4 is 0 Å². The number of halogens is 5. The van der Waals surface area contributed by atoms with Gasteiger partial charge in [0.15, 0.2) is 0 Å². The molecule has 0 spiro atoms. The molecule has 0 saturated carbocycles. The van der Waals surface area contributed by atoms with E-state index in [1.165, 1.54) is 18.2 Å². The Morgan fingerprint density at radius 2 is 1.62 bits per heavy atom. The van der Waals surface area contributed by atoms with Crippen LogP contribution in [0.1, 0.15) is 17.7 Å². The third kappa shape index (κ3) is 3.77. The van der Waals surface area contributed by atoms with E-state index in [-0.39, 0.29) is 16.8 Å². The number of hydrogen-bond acceptors (Lipinski definition) is 3. The standard InChI is InChI=1S/C20H16F5N3O/c1-2-11-19(29,20(23,24)25)18-17(13-7-4-3-5-8-13)28(27-26-18)12-14-15(21)9-6-10-16(14)22/h2-10,29H,1,11-12H2. The molecule has 1 aromatic heterocycles. The summed E-state index contributed by atoms with van der Waals surface area (Å²) in [5, 5.41) is 17.7. The maximum atomic E-state index is 14.1. The van der Waals surface area contributed by atoms with E-state index < -0.39 is 42.1 Å². The lowest BCUT2D eigenvalue weighted by molar-refractivity contribution is -0.266. The van der Waals surface area contributed by atoms with Crippen LogP contribution in [0.25, 0.3) is 11.3 Å². The Balaban J connectivity index is 2.23. The van der Waals surface area contributed by atoms with Crippen LogP contribution in [0, 0.1) is 11.6 Å². The maximum absolute atomic E-state index is 14.1. The molecule has 0 radical (unpaired) electrons. The fraction of sp³-hybridized carbons (Fsp3) is 0.200. The second-order valence-corrected chi connectivity index (χ2v) is 6.36. The molecule has 2 aromatic carbocycles. The van der Waals surface area contributed by atoms with E-state index in [0.717, 1.165) is 22.9 Å². The summed E-state index contributed by atoms with van der Waals surface area (Å²) in [6.45, 7) is 2.75. The Kier molecular flexibility index (Phi) is 5.52. The average molecular weight is 409 g/mol. The predicted molar refractivity (Wildman–Crippen MR) is 95.7 cm³/mol. The zero-order chi connectivity index (χ0) is 21.2. The topological polar surface area (TPSA) is 50.9 Å². The minimum atomic E-state index is -5.09. The average Bonchev–Trinajstić information content (AvgIpc) is 3.09. The SMILES string of the molecule is C=CCC(O)(c1nnn(Cc2c(F)cccc2F)c1-c1ccccc1)C(F)(F)F. The Labute approximate surface area is 162 Å². The maximum Gasteiger partial charge on any atom is 0.423 e. The first-order chi connectivity index (χ1) is 13.7. The van der Waals surface area contributed by atoms with Gasteiger partial charge in [0.1, 0.15) is 17.3 Å². The van der Waals surface area contributed by atoms with E-state index in [1.807, 2.05) is 0 Å². The summed E-state index contributed by atoms with van der Waals surface area (Å²) in [6.07, 6.45) is -5.05. The first-order valence-corrected chi connectivity index (χ1v) is 8.51. The van der Waals surface area contributed by atoms with Crippen LogP contribution in [-0.2, 0) is 12.1 Å². The summed E-state index contributed by atoms with van der Waals surface area (Å²) in [7, 11) is 0. The van der Waals surface area contributed by atoms with E-state index >= 15 is 0 Å². The summed E-state index contributed by atoms with van der Waals surface area (Å²) in [5.41, 5.74) is -4.48. The molecular formula is C20H16F5N3O. The highest BCUT2D eigenvalue weighted by atomic mass is 19.4. The van der Waals surface area contributed by atoms with Gasteiger partial charge in [-0.15, -0.1) is 11.7 Å². The lowest BCUT2D eigenvalue weighted by Gasteiger charge is -2.28. The van der Waals surface area contributed by atoms with Gasteiger partial charge in [0, 0.05) is 17.5 Å². The number of aliphatic hydroxyl groups is 1. The van der Waals surface area contributed by atoms with Crippen molar-refractivity contribution in [1.82, 2.24) is 15.0 Å². The van der Waals surface area contributed by atoms with Crippen molar-refractivity contribution in [3.8, 4) is 11.3 Å². The lowest BCUT2D eigenvalue weighted by atomic mass is 9.91. The molecule has 3 aromatic rings. The number of rotatable bonds is 6. The lowest BCUT2D eigenvalue weighted by Crippen LogP contribution is -2.42. The first-order valence-electron chi connectivity index (χ1n) is 8.51. The van der Waals surface area contributed by atoms with E-state index in [2.05, 4.69) is 16.9 Å². The van der Waals surface area contributed by atoms with Crippen molar-refractivity contribution >= 4 is 0 Å². The van der Waals surface area contributed by atoms with Crippen LogP contribution in [0.5, 0.6) is 0 Å². The van der Waals surface area contributed by atoms with Gasteiger partial charge in [-0.2, -0.15) is 13.2 Å². The quantitative estimate of drug-likeness (QED) is 0.478. The molecule has 1 heterocycles. The molecule has 152 valence electrons. The van der Waals surface area contributed by atoms with E-state index in [9.17, 15) is 27.1 Å². The molecule has 1 atom stereocenters. The van der Waals surface area contributed by atoms with Crippen LogP contribution >= 0.6 is 0 Å². The van der Waals surface area contributed by atoms with Crippen LogP contribution in [-0.4, -0.2) is 26.3 Å². The summed E-state index contributed by atoms with van der Waals surface area (Å²) in [5.74, 6) is -1.75. The van der Waals surface area contributed by atoms with Gasteiger partial charge < -0.3 is 5.11 Å². The second-order valence-electron chi connectivity index (χ2n) is 6.36. The zero-order valence-corrected chi connectivity index (χ0v) is 15.0. The van der Waals surface area contributed by atoms with Crippen LogP contribution in [0.4, 0.5) is 22.0 Å². The van der Waals surface area contributed by atoms with Crippen LogP contribution in [0.2, 0.25) is 0 Å². The molecule has 9 heteroatoms. The molecular weight excluding hydrogens is 393 g/mol. The summed E-state index contributed by atoms with van der Waals surface area (Å²) in [4.78, 5) is 0. The first kappa shape index (κ1) is 20.7. The van der Waals surface area contributed by atoms with E-state index in [1.54, 1.807) is 18.2 Å². The highest BCUT2D eigenvalue weighted by molar-refractivity contribution is 5.63. The van der Waals surface area contributed by atoms with Crippen molar-refractivity contribution in [3.05, 3.63) is 84.1 Å². The highest BCUT2D eigenvalue weighted by Crippen LogP contribution is 2.44. The Hall–Kier alpha value is -3.07. The summed E-state index contributed by atoms with van der Waals surface area (Å²) < 4.78 is 70.3. The molecule has 0 bridgehead atoms. The van der Waals surface area contributed by atoms with Crippen molar-refractivity contribution in [2.24, 2.45) is 0 Å². The summed E-state index contributed by atoms with van der Waals surface area (Å²) >= 11 is 0. The van der Waals surface area contributed by atoms with Crippen molar-refractivity contribution < 1.29 is 27.1 Å².